The van der Waals surface area contributed by atoms with E-state index < -0.39 is 0 Å². The fourth-order valence-electron chi connectivity index (χ4n) is 2.57. The van der Waals surface area contributed by atoms with Gasteiger partial charge in [0.1, 0.15) is 0 Å². The molecule has 0 spiro atoms. The van der Waals surface area contributed by atoms with Gasteiger partial charge in [-0.2, -0.15) is 0 Å². The van der Waals surface area contributed by atoms with Gasteiger partial charge in [-0.15, -0.1) is 0 Å². The molecule has 94 valence electrons. The summed E-state index contributed by atoms with van der Waals surface area (Å²) in [4.78, 5) is 2.54. The number of benzene rings is 1. The fourth-order valence-corrected chi connectivity index (χ4v) is 2.57. The summed E-state index contributed by atoms with van der Waals surface area (Å²) in [5.74, 6) is 0.834. The van der Waals surface area contributed by atoms with E-state index in [1.807, 2.05) is 0 Å². The molecule has 0 aromatic heterocycles. The van der Waals surface area contributed by atoms with Crippen LogP contribution < -0.4 is 5.32 Å². The largest absolute Gasteiger partial charge is 0.310 e. The van der Waals surface area contributed by atoms with E-state index in [1.165, 1.54) is 31.6 Å². The molecule has 2 unspecified atom stereocenters. The minimum Gasteiger partial charge on any atom is -0.310 e. The van der Waals surface area contributed by atoms with Gasteiger partial charge in [-0.3, -0.25) is 0 Å². The van der Waals surface area contributed by atoms with Crippen molar-refractivity contribution in [3.05, 3.63) is 35.9 Å². The molecule has 1 aromatic rings. The Hall–Kier alpha value is -0.860. The van der Waals surface area contributed by atoms with Gasteiger partial charge in [0.2, 0.25) is 0 Å². The van der Waals surface area contributed by atoms with E-state index in [0.717, 1.165) is 12.5 Å². The minimum atomic E-state index is 0.465. The van der Waals surface area contributed by atoms with Crippen molar-refractivity contribution < 1.29 is 0 Å². The van der Waals surface area contributed by atoms with E-state index in [0.29, 0.717) is 6.04 Å². The highest BCUT2D eigenvalue weighted by Gasteiger charge is 2.21. The zero-order valence-electron chi connectivity index (χ0n) is 11.0. The SMILES string of the molecule is CCN1CCC(CNC(C)c2ccccc2)C1. The van der Waals surface area contributed by atoms with Crippen LogP contribution in [0.15, 0.2) is 30.3 Å². The molecular weight excluding hydrogens is 208 g/mol. The van der Waals surface area contributed by atoms with Gasteiger partial charge in [0.15, 0.2) is 0 Å². The highest BCUT2D eigenvalue weighted by atomic mass is 15.1. The Morgan fingerprint density at radius 2 is 2.12 bits per heavy atom. The normalized spacial score (nSPS) is 22.8. The number of nitrogens with zero attached hydrogens (tertiary/aromatic N) is 1. The van der Waals surface area contributed by atoms with Crippen molar-refractivity contribution in [1.29, 1.82) is 0 Å². The topological polar surface area (TPSA) is 15.3 Å². The van der Waals surface area contributed by atoms with Crippen LogP contribution in [0.1, 0.15) is 31.9 Å². The van der Waals surface area contributed by atoms with Gasteiger partial charge in [0, 0.05) is 12.6 Å². The van der Waals surface area contributed by atoms with Crippen LogP contribution in [0.3, 0.4) is 0 Å². The van der Waals surface area contributed by atoms with Gasteiger partial charge in [0.05, 0.1) is 0 Å². The zero-order chi connectivity index (χ0) is 12.1. The number of rotatable bonds is 5. The first kappa shape index (κ1) is 12.6. The molecular formula is C15H24N2. The van der Waals surface area contributed by atoms with E-state index >= 15 is 0 Å². The van der Waals surface area contributed by atoms with Crippen molar-refractivity contribution in [2.45, 2.75) is 26.3 Å². The summed E-state index contributed by atoms with van der Waals surface area (Å²) in [6, 6.07) is 11.2. The van der Waals surface area contributed by atoms with Gasteiger partial charge in [-0.25, -0.2) is 0 Å². The predicted octanol–water partition coefficient (Wildman–Crippen LogP) is 2.68. The third kappa shape index (κ3) is 3.55. The lowest BCUT2D eigenvalue weighted by molar-refractivity contribution is 0.336. The minimum absolute atomic E-state index is 0.465. The summed E-state index contributed by atoms with van der Waals surface area (Å²) < 4.78 is 0. The third-order valence-electron chi connectivity index (χ3n) is 3.83. The molecule has 1 aliphatic heterocycles. The molecule has 1 aromatic carbocycles. The van der Waals surface area contributed by atoms with E-state index in [2.05, 4.69) is 54.4 Å². The predicted molar refractivity (Wildman–Crippen MR) is 73.1 cm³/mol. The second-order valence-electron chi connectivity index (χ2n) is 5.09. The van der Waals surface area contributed by atoms with Crippen LogP contribution in [-0.4, -0.2) is 31.1 Å². The van der Waals surface area contributed by atoms with Crippen molar-refractivity contribution in [3.63, 3.8) is 0 Å². The summed E-state index contributed by atoms with van der Waals surface area (Å²) >= 11 is 0. The first-order chi connectivity index (χ1) is 8.29. The van der Waals surface area contributed by atoms with Crippen LogP contribution >= 0.6 is 0 Å². The molecule has 1 N–H and O–H groups in total. The lowest BCUT2D eigenvalue weighted by Crippen LogP contribution is -2.28. The molecule has 2 rings (SSSR count). The van der Waals surface area contributed by atoms with Gasteiger partial charge in [0.25, 0.3) is 0 Å². The summed E-state index contributed by atoms with van der Waals surface area (Å²) in [7, 11) is 0. The smallest absolute Gasteiger partial charge is 0.0291 e. The molecule has 1 heterocycles. The quantitative estimate of drug-likeness (QED) is 0.839. The molecule has 2 nitrogen and oxygen atoms in total. The summed E-state index contributed by atoms with van der Waals surface area (Å²) in [6.07, 6.45) is 1.35. The van der Waals surface area contributed by atoms with Crippen molar-refractivity contribution in [3.8, 4) is 0 Å². The lowest BCUT2D eigenvalue weighted by Gasteiger charge is -2.18. The molecule has 0 radical (unpaired) electrons. The van der Waals surface area contributed by atoms with Crippen molar-refractivity contribution in [1.82, 2.24) is 10.2 Å². The molecule has 1 aliphatic rings. The standard InChI is InChI=1S/C15H24N2/c1-3-17-10-9-14(12-17)11-16-13(2)15-7-5-4-6-8-15/h4-8,13-14,16H,3,9-12H2,1-2H3. The van der Waals surface area contributed by atoms with Crippen molar-refractivity contribution in [2.75, 3.05) is 26.2 Å². The highest BCUT2D eigenvalue weighted by Crippen LogP contribution is 2.17. The molecule has 2 atom stereocenters. The van der Waals surface area contributed by atoms with E-state index in [-0.39, 0.29) is 0 Å². The molecule has 1 fully saturated rings. The van der Waals surface area contributed by atoms with Gasteiger partial charge >= 0.3 is 0 Å². The number of nitrogens with one attached hydrogen (secondary N) is 1. The van der Waals surface area contributed by atoms with Gasteiger partial charge < -0.3 is 10.2 Å². The maximum atomic E-state index is 3.66. The number of hydrogen-bond acceptors (Lipinski definition) is 2. The van der Waals surface area contributed by atoms with Crippen LogP contribution in [-0.2, 0) is 0 Å². The highest BCUT2D eigenvalue weighted by molar-refractivity contribution is 5.17. The Bertz CT molecular complexity index is 323. The summed E-state index contributed by atoms with van der Waals surface area (Å²) in [5, 5.41) is 3.66. The number of likely N-dealkylation sites (tertiary alicyclic amines) is 1. The first-order valence-corrected chi connectivity index (χ1v) is 6.80. The van der Waals surface area contributed by atoms with Crippen LogP contribution in [0, 0.1) is 5.92 Å². The van der Waals surface area contributed by atoms with Gasteiger partial charge in [-0.05, 0) is 44.5 Å². The van der Waals surface area contributed by atoms with Crippen LogP contribution in [0.2, 0.25) is 0 Å². The van der Waals surface area contributed by atoms with E-state index in [1.54, 1.807) is 0 Å². The van der Waals surface area contributed by atoms with E-state index in [9.17, 15) is 0 Å². The van der Waals surface area contributed by atoms with Crippen LogP contribution in [0.4, 0.5) is 0 Å². The molecule has 17 heavy (non-hydrogen) atoms. The van der Waals surface area contributed by atoms with Crippen LogP contribution in [0.5, 0.6) is 0 Å². The third-order valence-corrected chi connectivity index (χ3v) is 3.83. The maximum absolute atomic E-state index is 3.66. The molecule has 0 aliphatic carbocycles. The monoisotopic (exact) mass is 232 g/mol. The molecule has 1 saturated heterocycles. The van der Waals surface area contributed by atoms with Crippen molar-refractivity contribution in [2.24, 2.45) is 5.92 Å². The Morgan fingerprint density at radius 3 is 2.76 bits per heavy atom. The van der Waals surface area contributed by atoms with E-state index in [4.69, 9.17) is 0 Å². The molecule has 0 saturated carbocycles. The van der Waals surface area contributed by atoms with Gasteiger partial charge in [-0.1, -0.05) is 37.3 Å². The molecule has 0 amide bonds. The maximum Gasteiger partial charge on any atom is 0.0291 e. The second-order valence-corrected chi connectivity index (χ2v) is 5.09. The first-order valence-electron chi connectivity index (χ1n) is 6.80. The molecule has 2 heteroatoms. The summed E-state index contributed by atoms with van der Waals surface area (Å²) in [5.41, 5.74) is 1.39. The zero-order valence-corrected chi connectivity index (χ0v) is 11.0. The lowest BCUT2D eigenvalue weighted by atomic mass is 10.1. The average molecular weight is 232 g/mol. The summed E-state index contributed by atoms with van der Waals surface area (Å²) in [6.45, 7) is 9.40. The molecule has 0 bridgehead atoms. The number of hydrogen-bond donors (Lipinski definition) is 1. The fraction of sp³-hybridized carbons (Fsp3) is 0.600. The Balaban J connectivity index is 1.75. The van der Waals surface area contributed by atoms with Crippen LogP contribution in [0.25, 0.3) is 0 Å². The average Bonchev–Trinajstić information content (AvgIpc) is 2.85. The Kier molecular flexibility index (Phi) is 4.57. The Labute approximate surface area is 105 Å². The Morgan fingerprint density at radius 1 is 1.35 bits per heavy atom. The second kappa shape index (κ2) is 6.18. The van der Waals surface area contributed by atoms with Crippen molar-refractivity contribution >= 4 is 0 Å².